The molecule has 1 N–H and O–H groups in total. The van der Waals surface area contributed by atoms with Crippen LogP contribution in [-0.4, -0.2) is 29.0 Å². The third-order valence-electron chi connectivity index (χ3n) is 3.44. The van der Waals surface area contributed by atoms with Gasteiger partial charge >= 0.3 is 0 Å². The number of aromatic nitrogens is 1. The van der Waals surface area contributed by atoms with Gasteiger partial charge in [-0.1, -0.05) is 31.5 Å². The molecule has 0 unspecified atom stereocenters. The largest absolute Gasteiger partial charge is 0.497 e. The minimum atomic E-state index is -0.342. The Morgan fingerprint density at radius 1 is 1.19 bits per heavy atom. The van der Waals surface area contributed by atoms with Crippen molar-refractivity contribution in [3.8, 4) is 5.75 Å². The van der Waals surface area contributed by atoms with E-state index in [1.165, 1.54) is 18.6 Å². The number of hydrogen-bond acceptors (Lipinski definition) is 6. The smallest absolute Gasteiger partial charge is 0.290 e. The molecule has 3 rings (SSSR count). The number of carbonyl (C=O) groups is 2. The van der Waals surface area contributed by atoms with Crippen LogP contribution in [0.3, 0.4) is 0 Å². The monoisotopic (exact) mass is 402 g/mol. The number of thioether (sulfide) groups is 2. The van der Waals surface area contributed by atoms with Gasteiger partial charge in [0.25, 0.3) is 11.1 Å². The summed E-state index contributed by atoms with van der Waals surface area (Å²) in [5.74, 6) is 1.60. The highest BCUT2D eigenvalue weighted by Gasteiger charge is 2.24. The van der Waals surface area contributed by atoms with Crippen LogP contribution in [0.1, 0.15) is 25.3 Å². The molecule has 2 amide bonds. The van der Waals surface area contributed by atoms with Gasteiger partial charge in [0.1, 0.15) is 5.75 Å². The molecule has 1 fully saturated rings. The summed E-state index contributed by atoms with van der Waals surface area (Å²) in [6.45, 7) is 2.21. The summed E-state index contributed by atoms with van der Waals surface area (Å²) in [4.78, 5) is 26.8. The maximum atomic E-state index is 11.3. The van der Waals surface area contributed by atoms with Crippen molar-refractivity contribution in [3.63, 3.8) is 0 Å². The van der Waals surface area contributed by atoms with E-state index in [1.54, 1.807) is 25.3 Å². The molecule has 0 spiro atoms. The van der Waals surface area contributed by atoms with Crippen LogP contribution < -0.4 is 10.1 Å². The molecule has 2 aromatic rings. The lowest BCUT2D eigenvalue weighted by Crippen LogP contribution is -2.17. The number of benzene rings is 1. The Kier molecular flexibility index (Phi) is 8.94. The predicted molar refractivity (Wildman–Crippen MR) is 112 cm³/mol. The van der Waals surface area contributed by atoms with Crippen LogP contribution >= 0.6 is 23.5 Å². The number of hydrogen-bond donors (Lipinski definition) is 1. The molecule has 27 heavy (non-hydrogen) atoms. The number of pyridine rings is 1. The second-order valence-corrected chi connectivity index (χ2v) is 7.63. The second kappa shape index (κ2) is 11.5. The maximum Gasteiger partial charge on any atom is 0.290 e. The first-order valence-corrected chi connectivity index (χ1v) is 10.4. The van der Waals surface area contributed by atoms with E-state index >= 15 is 0 Å². The van der Waals surface area contributed by atoms with Gasteiger partial charge in [-0.05, 0) is 59.8 Å². The summed E-state index contributed by atoms with van der Waals surface area (Å²) in [5.41, 5.74) is 0.855. The van der Waals surface area contributed by atoms with Crippen LogP contribution in [-0.2, 0) is 4.79 Å². The summed E-state index contributed by atoms with van der Waals surface area (Å²) >= 11 is 2.74. The second-order valence-electron chi connectivity index (χ2n) is 5.50. The van der Waals surface area contributed by atoms with Gasteiger partial charge in [-0.3, -0.25) is 14.9 Å². The third-order valence-corrected chi connectivity index (χ3v) is 5.28. The molecule has 142 valence electrons. The SMILES string of the molecule is CCCCSc1ccccn1.COc1ccc(C=C2SC(=O)NC2=O)cc1. The Labute approximate surface area is 168 Å². The van der Waals surface area contributed by atoms with E-state index in [0.717, 1.165) is 28.1 Å². The molecular weight excluding hydrogens is 380 g/mol. The van der Waals surface area contributed by atoms with E-state index in [9.17, 15) is 9.59 Å². The minimum Gasteiger partial charge on any atom is -0.497 e. The summed E-state index contributed by atoms with van der Waals surface area (Å²) in [6.07, 6.45) is 6.06. The van der Waals surface area contributed by atoms with Crippen LogP contribution in [0, 0.1) is 0 Å². The lowest BCUT2D eigenvalue weighted by molar-refractivity contribution is -0.115. The van der Waals surface area contributed by atoms with Crippen molar-refractivity contribution in [1.82, 2.24) is 10.3 Å². The lowest BCUT2D eigenvalue weighted by atomic mass is 10.2. The number of carbonyl (C=O) groups excluding carboxylic acids is 2. The topological polar surface area (TPSA) is 68.3 Å². The Balaban J connectivity index is 0.000000208. The van der Waals surface area contributed by atoms with Gasteiger partial charge in [-0.25, -0.2) is 4.98 Å². The van der Waals surface area contributed by atoms with Crippen molar-refractivity contribution >= 4 is 40.7 Å². The molecule has 2 heterocycles. The standard InChI is InChI=1S/C11H9NO3S.C9H13NS/c1-15-8-4-2-7(3-5-8)6-9-10(13)12-11(14)16-9;1-2-3-8-11-9-6-4-5-7-10-9/h2-6H,1H3,(H,12,13,14);4-7H,2-3,8H2,1H3. The number of nitrogens with one attached hydrogen (secondary N) is 1. The van der Waals surface area contributed by atoms with E-state index in [2.05, 4.69) is 23.3 Å². The van der Waals surface area contributed by atoms with Crippen LogP contribution in [0.2, 0.25) is 0 Å². The molecule has 0 bridgehead atoms. The molecule has 0 atom stereocenters. The van der Waals surface area contributed by atoms with Crippen molar-refractivity contribution in [2.75, 3.05) is 12.9 Å². The lowest BCUT2D eigenvalue weighted by Gasteiger charge is -1.99. The van der Waals surface area contributed by atoms with Gasteiger partial charge in [-0.15, -0.1) is 11.8 Å². The molecule has 1 aromatic carbocycles. The van der Waals surface area contributed by atoms with Crippen molar-refractivity contribution in [2.24, 2.45) is 0 Å². The molecule has 1 aromatic heterocycles. The van der Waals surface area contributed by atoms with Crippen molar-refractivity contribution < 1.29 is 14.3 Å². The van der Waals surface area contributed by atoms with Gasteiger partial charge in [0.15, 0.2) is 0 Å². The molecule has 7 heteroatoms. The molecule has 1 saturated heterocycles. The normalized spacial score (nSPS) is 14.5. The Bertz CT molecular complexity index is 778. The van der Waals surface area contributed by atoms with Crippen LogP contribution in [0.4, 0.5) is 4.79 Å². The fourth-order valence-electron chi connectivity index (χ4n) is 2.03. The highest BCUT2D eigenvalue weighted by molar-refractivity contribution is 8.18. The van der Waals surface area contributed by atoms with Gasteiger partial charge < -0.3 is 4.74 Å². The number of nitrogens with zero attached hydrogens (tertiary/aromatic N) is 1. The van der Waals surface area contributed by atoms with Crippen LogP contribution in [0.25, 0.3) is 6.08 Å². The summed E-state index contributed by atoms with van der Waals surface area (Å²) < 4.78 is 5.02. The number of methoxy groups -OCH3 is 1. The Morgan fingerprint density at radius 2 is 1.96 bits per heavy atom. The molecule has 0 radical (unpaired) electrons. The predicted octanol–water partition coefficient (Wildman–Crippen LogP) is 4.99. The summed E-state index contributed by atoms with van der Waals surface area (Å²) in [6, 6.07) is 13.3. The Hall–Kier alpha value is -2.25. The first-order chi connectivity index (χ1) is 13.1. The molecule has 0 saturated carbocycles. The zero-order valence-corrected chi connectivity index (χ0v) is 16.9. The van der Waals surface area contributed by atoms with Crippen molar-refractivity contribution in [1.29, 1.82) is 0 Å². The summed E-state index contributed by atoms with van der Waals surface area (Å²) in [5, 5.41) is 3.01. The number of ether oxygens (including phenoxy) is 1. The highest BCUT2D eigenvalue weighted by atomic mass is 32.2. The number of imide groups is 1. The van der Waals surface area contributed by atoms with E-state index in [4.69, 9.17) is 4.74 Å². The fourth-order valence-corrected chi connectivity index (χ4v) is 3.66. The van der Waals surface area contributed by atoms with Gasteiger partial charge in [0.2, 0.25) is 0 Å². The average Bonchev–Trinajstić information content (AvgIpc) is 3.01. The van der Waals surface area contributed by atoms with Crippen LogP contribution in [0.5, 0.6) is 5.75 Å². The minimum absolute atomic E-state index is 0.329. The highest BCUT2D eigenvalue weighted by Crippen LogP contribution is 2.26. The first kappa shape index (κ1) is 21.1. The van der Waals surface area contributed by atoms with E-state index in [-0.39, 0.29) is 11.1 Å². The van der Waals surface area contributed by atoms with Crippen molar-refractivity contribution in [2.45, 2.75) is 24.8 Å². The molecule has 1 aliphatic rings. The van der Waals surface area contributed by atoms with E-state index in [0.29, 0.717) is 4.91 Å². The zero-order chi connectivity index (χ0) is 19.5. The quantitative estimate of drug-likeness (QED) is 0.417. The van der Waals surface area contributed by atoms with Gasteiger partial charge in [0.05, 0.1) is 17.0 Å². The van der Waals surface area contributed by atoms with Crippen molar-refractivity contribution in [3.05, 3.63) is 59.1 Å². The third kappa shape index (κ3) is 7.48. The van der Waals surface area contributed by atoms with Crippen LogP contribution in [0.15, 0.2) is 58.6 Å². The maximum absolute atomic E-state index is 11.3. The molecule has 5 nitrogen and oxygen atoms in total. The van der Waals surface area contributed by atoms with Gasteiger partial charge in [0, 0.05) is 6.20 Å². The fraction of sp³-hybridized carbons (Fsp3) is 0.250. The van der Waals surface area contributed by atoms with Gasteiger partial charge in [-0.2, -0.15) is 0 Å². The average molecular weight is 403 g/mol. The number of rotatable bonds is 6. The molecule has 1 aliphatic heterocycles. The van der Waals surface area contributed by atoms with E-state index in [1.807, 2.05) is 42.2 Å². The summed E-state index contributed by atoms with van der Waals surface area (Å²) in [7, 11) is 1.59. The molecule has 0 aliphatic carbocycles. The zero-order valence-electron chi connectivity index (χ0n) is 15.3. The number of amides is 2. The first-order valence-electron chi connectivity index (χ1n) is 8.55. The van der Waals surface area contributed by atoms with E-state index < -0.39 is 0 Å². The Morgan fingerprint density at radius 3 is 2.52 bits per heavy atom. The molecular formula is C20H22N2O3S2. The number of unbranched alkanes of at least 4 members (excludes halogenated alkanes) is 1.